The van der Waals surface area contributed by atoms with Crippen LogP contribution in [0.4, 0.5) is 0 Å². The molecule has 96 valence electrons. The minimum absolute atomic E-state index is 0.270. The molecular weight excluding hydrogens is 206 g/mol. The number of hydrogen-bond acceptors (Lipinski definition) is 1. The summed E-state index contributed by atoms with van der Waals surface area (Å²) < 4.78 is 0. The van der Waals surface area contributed by atoms with Crippen molar-refractivity contribution in [2.45, 2.75) is 52.4 Å². The second-order valence-corrected chi connectivity index (χ2v) is 5.44. The van der Waals surface area contributed by atoms with Gasteiger partial charge in [0.1, 0.15) is 0 Å². The summed E-state index contributed by atoms with van der Waals surface area (Å²) in [7, 11) is 0. The van der Waals surface area contributed by atoms with Crippen LogP contribution in [0.1, 0.15) is 51.7 Å². The topological polar surface area (TPSA) is 12.0 Å². The summed E-state index contributed by atoms with van der Waals surface area (Å²) >= 11 is 0. The van der Waals surface area contributed by atoms with E-state index in [4.69, 9.17) is 0 Å². The average Bonchev–Trinajstić information content (AvgIpc) is 2.35. The van der Waals surface area contributed by atoms with Gasteiger partial charge in [-0.15, -0.1) is 0 Å². The number of nitrogens with one attached hydrogen (secondary N) is 1. The molecule has 17 heavy (non-hydrogen) atoms. The third kappa shape index (κ3) is 4.51. The van der Waals surface area contributed by atoms with E-state index in [9.17, 15) is 0 Å². The van der Waals surface area contributed by atoms with E-state index in [-0.39, 0.29) is 5.41 Å². The van der Waals surface area contributed by atoms with E-state index in [2.05, 4.69) is 57.3 Å². The summed E-state index contributed by atoms with van der Waals surface area (Å²) in [6, 6.07) is 9.03. The second kappa shape index (κ2) is 6.80. The fourth-order valence-electron chi connectivity index (χ4n) is 2.06. The van der Waals surface area contributed by atoms with Crippen LogP contribution >= 0.6 is 0 Å². The van der Waals surface area contributed by atoms with E-state index < -0.39 is 0 Å². The zero-order valence-corrected chi connectivity index (χ0v) is 11.8. The van der Waals surface area contributed by atoms with Crippen LogP contribution in [0.5, 0.6) is 0 Å². The number of benzene rings is 1. The number of aryl methyl sites for hydroxylation is 1. The Bertz CT molecular complexity index is 328. The Hall–Kier alpha value is -0.820. The van der Waals surface area contributed by atoms with E-state index in [0.717, 1.165) is 19.5 Å². The highest BCUT2D eigenvalue weighted by Gasteiger charge is 2.19. The molecule has 1 aromatic rings. The molecule has 0 aromatic heterocycles. The van der Waals surface area contributed by atoms with Crippen LogP contribution in [0.25, 0.3) is 0 Å². The summed E-state index contributed by atoms with van der Waals surface area (Å²) in [5.74, 6) is 0. The first-order chi connectivity index (χ1) is 8.10. The predicted octanol–water partition coefficient (Wildman–Crippen LogP) is 3.92. The van der Waals surface area contributed by atoms with Gasteiger partial charge in [-0.3, -0.25) is 0 Å². The van der Waals surface area contributed by atoms with Gasteiger partial charge in [-0.2, -0.15) is 0 Å². The first kappa shape index (κ1) is 14.2. The fourth-order valence-corrected chi connectivity index (χ4v) is 2.06. The summed E-state index contributed by atoms with van der Waals surface area (Å²) in [6.45, 7) is 11.4. The molecule has 0 amide bonds. The summed E-state index contributed by atoms with van der Waals surface area (Å²) in [5.41, 5.74) is 3.18. The van der Waals surface area contributed by atoms with Crippen molar-refractivity contribution in [3.05, 3.63) is 35.4 Å². The summed E-state index contributed by atoms with van der Waals surface area (Å²) in [4.78, 5) is 0. The molecule has 0 fully saturated rings. The third-order valence-corrected chi connectivity index (χ3v) is 3.47. The van der Waals surface area contributed by atoms with Crippen molar-refractivity contribution in [3.8, 4) is 0 Å². The number of hydrogen-bond donors (Lipinski definition) is 1. The van der Waals surface area contributed by atoms with Gasteiger partial charge in [-0.1, -0.05) is 52.0 Å². The Morgan fingerprint density at radius 3 is 2.53 bits per heavy atom. The molecule has 0 heterocycles. The number of rotatable bonds is 7. The van der Waals surface area contributed by atoms with Gasteiger partial charge in [0.15, 0.2) is 0 Å². The van der Waals surface area contributed by atoms with Gasteiger partial charge in [0.25, 0.3) is 0 Å². The van der Waals surface area contributed by atoms with Gasteiger partial charge in [-0.05, 0) is 48.9 Å². The van der Waals surface area contributed by atoms with E-state index in [1.165, 1.54) is 24.0 Å². The maximum absolute atomic E-state index is 3.49. The largest absolute Gasteiger partial charge is 0.317 e. The monoisotopic (exact) mass is 233 g/mol. The quantitative estimate of drug-likeness (QED) is 0.704. The maximum Gasteiger partial charge on any atom is -0.00406 e. The first-order valence-corrected chi connectivity index (χ1v) is 6.90. The Balaban J connectivity index is 2.61. The van der Waals surface area contributed by atoms with Crippen LogP contribution < -0.4 is 5.32 Å². The molecule has 0 aliphatic heterocycles. The molecule has 1 heteroatoms. The normalized spacial score (nSPS) is 11.8. The van der Waals surface area contributed by atoms with Gasteiger partial charge in [-0.25, -0.2) is 0 Å². The van der Waals surface area contributed by atoms with E-state index in [0.29, 0.717) is 0 Å². The Morgan fingerprint density at radius 1 is 1.12 bits per heavy atom. The highest BCUT2D eigenvalue weighted by molar-refractivity contribution is 5.29. The fraction of sp³-hybridized carbons (Fsp3) is 0.625. The van der Waals surface area contributed by atoms with E-state index >= 15 is 0 Å². The van der Waals surface area contributed by atoms with Gasteiger partial charge in [0.2, 0.25) is 0 Å². The molecule has 0 bridgehead atoms. The molecule has 1 aromatic carbocycles. The average molecular weight is 233 g/mol. The van der Waals surface area contributed by atoms with Crippen LogP contribution in [0.15, 0.2) is 24.3 Å². The highest BCUT2D eigenvalue weighted by Crippen LogP contribution is 2.27. The molecule has 0 spiro atoms. The Labute approximate surface area is 107 Å². The van der Waals surface area contributed by atoms with Crippen LogP contribution in [0.3, 0.4) is 0 Å². The molecular formula is C16H27N. The molecule has 0 aliphatic rings. The van der Waals surface area contributed by atoms with E-state index in [1.807, 2.05) is 0 Å². The SMILES string of the molecule is CCCNCCC(C)(C)c1cccc(CC)c1. The standard InChI is InChI=1S/C16H27N/c1-5-11-17-12-10-16(3,4)15-9-7-8-14(6-2)13-15/h7-9,13,17H,5-6,10-12H2,1-4H3. The van der Waals surface area contributed by atoms with Crippen LogP contribution in [-0.4, -0.2) is 13.1 Å². The molecule has 0 radical (unpaired) electrons. The molecule has 0 saturated heterocycles. The van der Waals surface area contributed by atoms with Crippen molar-refractivity contribution >= 4 is 0 Å². The van der Waals surface area contributed by atoms with Gasteiger partial charge >= 0.3 is 0 Å². The van der Waals surface area contributed by atoms with Gasteiger partial charge < -0.3 is 5.32 Å². The Morgan fingerprint density at radius 2 is 1.88 bits per heavy atom. The maximum atomic E-state index is 3.49. The van der Waals surface area contributed by atoms with Crippen LogP contribution in [0.2, 0.25) is 0 Å². The van der Waals surface area contributed by atoms with Crippen molar-refractivity contribution in [2.75, 3.05) is 13.1 Å². The van der Waals surface area contributed by atoms with Crippen LogP contribution in [-0.2, 0) is 11.8 Å². The van der Waals surface area contributed by atoms with Crippen molar-refractivity contribution in [1.29, 1.82) is 0 Å². The van der Waals surface area contributed by atoms with E-state index in [1.54, 1.807) is 0 Å². The van der Waals surface area contributed by atoms with Gasteiger partial charge in [0, 0.05) is 0 Å². The van der Waals surface area contributed by atoms with Crippen LogP contribution in [0, 0.1) is 0 Å². The second-order valence-electron chi connectivity index (χ2n) is 5.44. The summed E-state index contributed by atoms with van der Waals surface area (Å²) in [6.07, 6.45) is 3.53. The first-order valence-electron chi connectivity index (χ1n) is 6.90. The molecule has 1 nitrogen and oxygen atoms in total. The van der Waals surface area contributed by atoms with Crippen molar-refractivity contribution in [2.24, 2.45) is 0 Å². The van der Waals surface area contributed by atoms with Gasteiger partial charge in [0.05, 0.1) is 0 Å². The van der Waals surface area contributed by atoms with Crippen molar-refractivity contribution < 1.29 is 0 Å². The summed E-state index contributed by atoms with van der Waals surface area (Å²) in [5, 5.41) is 3.49. The molecule has 0 unspecified atom stereocenters. The molecule has 0 saturated carbocycles. The highest BCUT2D eigenvalue weighted by atomic mass is 14.8. The lowest BCUT2D eigenvalue weighted by Crippen LogP contribution is -2.26. The molecule has 1 N–H and O–H groups in total. The minimum atomic E-state index is 0.270. The van der Waals surface area contributed by atoms with Crippen molar-refractivity contribution in [3.63, 3.8) is 0 Å². The molecule has 0 aliphatic carbocycles. The predicted molar refractivity (Wildman–Crippen MR) is 76.6 cm³/mol. The minimum Gasteiger partial charge on any atom is -0.317 e. The lowest BCUT2D eigenvalue weighted by Gasteiger charge is -2.26. The zero-order valence-electron chi connectivity index (χ0n) is 11.8. The lowest BCUT2D eigenvalue weighted by atomic mass is 9.81. The Kier molecular flexibility index (Phi) is 5.70. The molecule has 0 atom stereocenters. The third-order valence-electron chi connectivity index (χ3n) is 3.47. The van der Waals surface area contributed by atoms with Crippen molar-refractivity contribution in [1.82, 2.24) is 5.32 Å². The zero-order chi connectivity index (χ0) is 12.7. The smallest absolute Gasteiger partial charge is 0.00406 e. The lowest BCUT2D eigenvalue weighted by molar-refractivity contribution is 0.457. The molecule has 1 rings (SSSR count).